The van der Waals surface area contributed by atoms with Gasteiger partial charge in [-0.05, 0) is 28.1 Å². The summed E-state index contributed by atoms with van der Waals surface area (Å²) in [5, 5.41) is 13.0. The van der Waals surface area contributed by atoms with E-state index in [0.717, 1.165) is 0 Å². The second-order valence-corrected chi connectivity index (χ2v) is 4.63. The summed E-state index contributed by atoms with van der Waals surface area (Å²) in [6.07, 6.45) is 1.70. The largest absolute Gasteiger partial charge is 0.275 e. The Kier molecular flexibility index (Phi) is 3.18. The van der Waals surface area contributed by atoms with Gasteiger partial charge in [0.15, 0.2) is 5.82 Å². The molecule has 0 aliphatic carbocycles. The van der Waals surface area contributed by atoms with Crippen LogP contribution in [0.5, 0.6) is 0 Å². The molecule has 2 rings (SSSR count). The SMILES string of the molecule is Cn1ccc(-c2cc(Br)c(Cl)c(C#N)c2F)n1. The van der Waals surface area contributed by atoms with Gasteiger partial charge in [0.25, 0.3) is 0 Å². The van der Waals surface area contributed by atoms with E-state index in [1.54, 1.807) is 30.1 Å². The maximum atomic E-state index is 14.0. The number of nitrogens with zero attached hydrogens (tertiary/aromatic N) is 3. The zero-order valence-electron chi connectivity index (χ0n) is 8.71. The number of halogens is 3. The molecule has 0 aliphatic rings. The molecule has 0 spiro atoms. The molecule has 3 nitrogen and oxygen atoms in total. The quantitative estimate of drug-likeness (QED) is 0.756. The molecule has 0 saturated carbocycles. The van der Waals surface area contributed by atoms with E-state index in [1.807, 2.05) is 0 Å². The average molecular weight is 315 g/mol. The zero-order valence-corrected chi connectivity index (χ0v) is 11.0. The molecule has 1 heterocycles. The van der Waals surface area contributed by atoms with Crippen molar-refractivity contribution in [1.82, 2.24) is 9.78 Å². The van der Waals surface area contributed by atoms with E-state index in [1.165, 1.54) is 6.07 Å². The molecule has 0 unspecified atom stereocenters. The first kappa shape index (κ1) is 12.1. The minimum Gasteiger partial charge on any atom is -0.275 e. The van der Waals surface area contributed by atoms with Gasteiger partial charge in [-0.25, -0.2) is 4.39 Å². The summed E-state index contributed by atoms with van der Waals surface area (Å²) in [5.74, 6) is -0.653. The standard InChI is InChI=1S/C11H6BrClFN3/c1-17-3-2-9(16-17)6-4-8(12)10(13)7(5-15)11(6)14/h2-4H,1H3. The Labute approximate surface area is 111 Å². The van der Waals surface area contributed by atoms with E-state index in [4.69, 9.17) is 16.9 Å². The summed E-state index contributed by atoms with van der Waals surface area (Å²) in [4.78, 5) is 0. The summed E-state index contributed by atoms with van der Waals surface area (Å²) in [5.41, 5.74) is 0.527. The van der Waals surface area contributed by atoms with Crippen molar-refractivity contribution in [3.63, 3.8) is 0 Å². The monoisotopic (exact) mass is 313 g/mol. The van der Waals surface area contributed by atoms with Gasteiger partial charge in [0.2, 0.25) is 0 Å². The third-order valence-electron chi connectivity index (χ3n) is 2.26. The number of aromatic nitrogens is 2. The number of hydrogen-bond donors (Lipinski definition) is 0. The first-order valence-corrected chi connectivity index (χ1v) is 5.79. The van der Waals surface area contributed by atoms with Gasteiger partial charge in [-0.3, -0.25) is 4.68 Å². The molecular weight excluding hydrogens is 308 g/mol. The lowest BCUT2D eigenvalue weighted by atomic mass is 10.1. The van der Waals surface area contributed by atoms with Gasteiger partial charge in [-0.2, -0.15) is 10.4 Å². The highest BCUT2D eigenvalue weighted by molar-refractivity contribution is 9.10. The van der Waals surface area contributed by atoms with Crippen LogP contribution in [0, 0.1) is 17.1 Å². The summed E-state index contributed by atoms with van der Waals surface area (Å²) < 4.78 is 16.1. The predicted octanol–water partition coefficient (Wildman–Crippen LogP) is 3.51. The highest BCUT2D eigenvalue weighted by Gasteiger charge is 2.18. The van der Waals surface area contributed by atoms with E-state index in [2.05, 4.69) is 21.0 Å². The van der Waals surface area contributed by atoms with Crippen LogP contribution in [0.25, 0.3) is 11.3 Å². The number of benzene rings is 1. The van der Waals surface area contributed by atoms with Crippen LogP contribution in [-0.2, 0) is 7.05 Å². The van der Waals surface area contributed by atoms with Crippen LogP contribution in [-0.4, -0.2) is 9.78 Å². The molecule has 0 fully saturated rings. The van der Waals surface area contributed by atoms with E-state index in [-0.39, 0.29) is 16.1 Å². The molecule has 0 atom stereocenters. The first-order chi connectivity index (χ1) is 8.04. The smallest absolute Gasteiger partial charge is 0.152 e. The fourth-order valence-corrected chi connectivity index (χ4v) is 2.05. The third kappa shape index (κ3) is 2.06. The van der Waals surface area contributed by atoms with Crippen LogP contribution >= 0.6 is 27.5 Å². The maximum Gasteiger partial charge on any atom is 0.152 e. The molecule has 17 heavy (non-hydrogen) atoms. The predicted molar refractivity (Wildman–Crippen MR) is 66.0 cm³/mol. The fourth-order valence-electron chi connectivity index (χ4n) is 1.45. The van der Waals surface area contributed by atoms with Crippen LogP contribution in [0.2, 0.25) is 5.02 Å². The van der Waals surface area contributed by atoms with Gasteiger partial charge in [0.05, 0.1) is 10.7 Å². The number of hydrogen-bond acceptors (Lipinski definition) is 2. The van der Waals surface area contributed by atoms with Crippen molar-refractivity contribution in [2.24, 2.45) is 7.05 Å². The highest BCUT2D eigenvalue weighted by atomic mass is 79.9. The normalized spacial score (nSPS) is 10.3. The lowest BCUT2D eigenvalue weighted by molar-refractivity contribution is 0.626. The van der Waals surface area contributed by atoms with Crippen LogP contribution < -0.4 is 0 Å². The molecule has 0 aliphatic heterocycles. The number of nitriles is 1. The zero-order chi connectivity index (χ0) is 12.6. The molecular formula is C11H6BrClFN3. The van der Waals surface area contributed by atoms with Gasteiger partial charge >= 0.3 is 0 Å². The molecule has 0 bridgehead atoms. The first-order valence-electron chi connectivity index (χ1n) is 4.62. The highest BCUT2D eigenvalue weighted by Crippen LogP contribution is 2.34. The second-order valence-electron chi connectivity index (χ2n) is 3.40. The Balaban J connectivity index is 2.72. The molecule has 1 aromatic heterocycles. The Morgan fingerprint density at radius 2 is 2.29 bits per heavy atom. The van der Waals surface area contributed by atoms with Crippen molar-refractivity contribution in [3.8, 4) is 17.3 Å². The van der Waals surface area contributed by atoms with Crippen LogP contribution in [0.3, 0.4) is 0 Å². The minimum absolute atomic E-state index is 0.0738. The van der Waals surface area contributed by atoms with E-state index in [9.17, 15) is 4.39 Å². The van der Waals surface area contributed by atoms with E-state index in [0.29, 0.717) is 10.2 Å². The summed E-state index contributed by atoms with van der Waals surface area (Å²) >= 11 is 9.02. The molecule has 0 radical (unpaired) electrons. The number of rotatable bonds is 1. The summed E-state index contributed by atoms with van der Waals surface area (Å²) in [6, 6.07) is 4.93. The van der Waals surface area contributed by atoms with Crippen molar-refractivity contribution < 1.29 is 4.39 Å². The van der Waals surface area contributed by atoms with Crippen molar-refractivity contribution in [1.29, 1.82) is 5.26 Å². The Morgan fingerprint density at radius 3 is 2.82 bits per heavy atom. The van der Waals surface area contributed by atoms with E-state index >= 15 is 0 Å². The molecule has 86 valence electrons. The Morgan fingerprint density at radius 1 is 1.59 bits per heavy atom. The summed E-state index contributed by atoms with van der Waals surface area (Å²) in [7, 11) is 1.73. The summed E-state index contributed by atoms with van der Waals surface area (Å²) in [6.45, 7) is 0. The number of aryl methyl sites for hydroxylation is 1. The topological polar surface area (TPSA) is 41.6 Å². The van der Waals surface area contributed by atoms with Crippen LogP contribution in [0.4, 0.5) is 4.39 Å². The van der Waals surface area contributed by atoms with Crippen LogP contribution in [0.1, 0.15) is 5.56 Å². The minimum atomic E-state index is -0.653. The third-order valence-corrected chi connectivity index (χ3v) is 3.50. The van der Waals surface area contributed by atoms with Crippen molar-refractivity contribution in [3.05, 3.63) is 39.2 Å². The molecule has 0 saturated heterocycles. The lowest BCUT2D eigenvalue weighted by Crippen LogP contribution is -1.94. The van der Waals surface area contributed by atoms with Gasteiger partial charge in [-0.1, -0.05) is 11.6 Å². The fraction of sp³-hybridized carbons (Fsp3) is 0.0909. The Bertz CT molecular complexity index is 630. The molecule has 6 heteroatoms. The average Bonchev–Trinajstić information content (AvgIpc) is 2.71. The Hall–Kier alpha value is -1.38. The maximum absolute atomic E-state index is 14.0. The molecule has 2 aromatic rings. The van der Waals surface area contributed by atoms with Gasteiger partial charge < -0.3 is 0 Å². The molecule has 0 N–H and O–H groups in total. The molecule has 0 amide bonds. The van der Waals surface area contributed by atoms with Gasteiger partial charge in [0.1, 0.15) is 11.6 Å². The van der Waals surface area contributed by atoms with Gasteiger partial charge in [0, 0.05) is 23.3 Å². The van der Waals surface area contributed by atoms with Crippen LogP contribution in [0.15, 0.2) is 22.8 Å². The van der Waals surface area contributed by atoms with Crippen molar-refractivity contribution in [2.75, 3.05) is 0 Å². The lowest BCUT2D eigenvalue weighted by Gasteiger charge is -2.05. The molecule has 1 aromatic carbocycles. The van der Waals surface area contributed by atoms with E-state index < -0.39 is 5.82 Å². The van der Waals surface area contributed by atoms with Crippen molar-refractivity contribution in [2.45, 2.75) is 0 Å². The van der Waals surface area contributed by atoms with Crippen molar-refractivity contribution >= 4 is 27.5 Å². The second kappa shape index (κ2) is 4.47. The van der Waals surface area contributed by atoms with Gasteiger partial charge in [-0.15, -0.1) is 0 Å².